The quantitative estimate of drug-likeness (QED) is 0.400. The van der Waals surface area contributed by atoms with E-state index in [0.717, 1.165) is 38.5 Å². The number of para-hydroxylation sites is 1. The lowest BCUT2D eigenvalue weighted by Gasteiger charge is -2.01. The fraction of sp³-hybridized carbons (Fsp3) is 0. The van der Waals surface area contributed by atoms with Gasteiger partial charge in [-0.05, 0) is 48.5 Å². The number of rotatable bonds is 2. The molecule has 26 heavy (non-hydrogen) atoms. The predicted octanol–water partition coefficient (Wildman–Crippen LogP) is 4.67. The number of anilines is 2. The second-order valence-corrected chi connectivity index (χ2v) is 7.18. The number of H-pyrrole nitrogens is 1. The van der Waals surface area contributed by atoms with E-state index in [0.29, 0.717) is 11.4 Å². The fourth-order valence-electron chi connectivity index (χ4n) is 3.00. The minimum absolute atomic E-state index is 0.554. The van der Waals surface area contributed by atoms with Crippen molar-refractivity contribution in [3.8, 4) is 22.0 Å². The van der Waals surface area contributed by atoms with Crippen LogP contribution in [0.5, 0.6) is 0 Å². The van der Waals surface area contributed by atoms with E-state index in [4.69, 9.17) is 16.5 Å². The van der Waals surface area contributed by atoms with Crippen LogP contribution in [0.15, 0.2) is 60.7 Å². The first-order chi connectivity index (χ1) is 12.7. The van der Waals surface area contributed by atoms with E-state index in [1.54, 1.807) is 17.4 Å². The molecule has 3 aromatic carbocycles. The number of benzene rings is 3. The van der Waals surface area contributed by atoms with Crippen molar-refractivity contribution in [3.63, 3.8) is 0 Å². The first-order valence-electron chi connectivity index (χ1n) is 8.18. The lowest BCUT2D eigenvalue weighted by atomic mass is 10.1. The maximum atomic E-state index is 5.92. The van der Waals surface area contributed by atoms with Gasteiger partial charge in [0.25, 0.3) is 0 Å². The number of aromatic nitrogens is 3. The Labute approximate surface area is 153 Å². The molecular formula is C20H15N5S. The molecule has 0 aliphatic carbocycles. The number of nitrogens with one attached hydrogen (secondary N) is 1. The van der Waals surface area contributed by atoms with Crippen molar-refractivity contribution >= 4 is 44.0 Å². The number of fused-ring (bicyclic) bond motifs is 2. The summed E-state index contributed by atoms with van der Waals surface area (Å²) >= 11 is 1.69. The molecule has 6 heteroatoms. The number of aromatic amines is 1. The second-order valence-electron chi connectivity index (χ2n) is 6.15. The molecule has 5 rings (SSSR count). The van der Waals surface area contributed by atoms with Crippen molar-refractivity contribution in [1.29, 1.82) is 0 Å². The Morgan fingerprint density at radius 1 is 0.769 bits per heavy atom. The van der Waals surface area contributed by atoms with Gasteiger partial charge in [0.05, 0.1) is 32.6 Å². The standard InChI is InChI=1S/C20H15N5S/c21-13-7-5-11(9-14(13)22)19-23-15-8-6-12(10-17(15)24-19)20-25-16-3-1-2-4-18(16)26-20/h1-10H,21-22H2,(H,23,24). The third-order valence-electron chi connectivity index (χ3n) is 4.38. The molecule has 126 valence electrons. The Morgan fingerprint density at radius 3 is 2.46 bits per heavy atom. The normalized spacial score (nSPS) is 11.4. The summed E-state index contributed by atoms with van der Waals surface area (Å²) in [6, 6.07) is 19.9. The predicted molar refractivity (Wildman–Crippen MR) is 109 cm³/mol. The van der Waals surface area contributed by atoms with E-state index in [9.17, 15) is 0 Å². The fourth-order valence-corrected chi connectivity index (χ4v) is 3.96. The van der Waals surface area contributed by atoms with E-state index in [2.05, 4.69) is 28.2 Å². The zero-order valence-corrected chi connectivity index (χ0v) is 14.5. The average Bonchev–Trinajstić information content (AvgIpc) is 3.27. The molecule has 0 fully saturated rings. The zero-order chi connectivity index (χ0) is 17.7. The van der Waals surface area contributed by atoms with Crippen molar-refractivity contribution < 1.29 is 0 Å². The molecule has 2 heterocycles. The Balaban J connectivity index is 1.60. The number of hydrogen-bond acceptors (Lipinski definition) is 5. The molecule has 5 N–H and O–H groups in total. The van der Waals surface area contributed by atoms with Crippen LogP contribution in [0, 0.1) is 0 Å². The monoisotopic (exact) mass is 357 g/mol. The molecule has 0 aliphatic rings. The highest BCUT2D eigenvalue weighted by Gasteiger charge is 2.10. The van der Waals surface area contributed by atoms with Gasteiger partial charge in [0.1, 0.15) is 10.8 Å². The van der Waals surface area contributed by atoms with Gasteiger partial charge in [-0.3, -0.25) is 0 Å². The van der Waals surface area contributed by atoms with Gasteiger partial charge in [-0.2, -0.15) is 0 Å². The van der Waals surface area contributed by atoms with Crippen LogP contribution in [0.3, 0.4) is 0 Å². The second kappa shape index (κ2) is 5.57. The molecule has 0 radical (unpaired) electrons. The molecule has 0 amide bonds. The van der Waals surface area contributed by atoms with Crippen LogP contribution >= 0.6 is 11.3 Å². The van der Waals surface area contributed by atoms with Crippen LogP contribution in [0.25, 0.3) is 43.2 Å². The average molecular weight is 357 g/mol. The minimum Gasteiger partial charge on any atom is -0.397 e. The maximum absolute atomic E-state index is 5.92. The number of nitrogens with two attached hydrogens (primary N) is 2. The molecule has 2 aromatic heterocycles. The van der Waals surface area contributed by atoms with Crippen LogP contribution in [-0.2, 0) is 0 Å². The number of nitrogen functional groups attached to an aromatic ring is 2. The molecule has 5 aromatic rings. The number of hydrogen-bond donors (Lipinski definition) is 3. The van der Waals surface area contributed by atoms with E-state index < -0.39 is 0 Å². The largest absolute Gasteiger partial charge is 0.397 e. The van der Waals surface area contributed by atoms with Crippen molar-refractivity contribution in [3.05, 3.63) is 60.7 Å². The van der Waals surface area contributed by atoms with Crippen LogP contribution in [-0.4, -0.2) is 15.0 Å². The van der Waals surface area contributed by atoms with Gasteiger partial charge < -0.3 is 16.5 Å². The molecule has 0 spiro atoms. The Bertz CT molecular complexity index is 1230. The third kappa shape index (κ3) is 2.39. The summed E-state index contributed by atoms with van der Waals surface area (Å²) in [5, 5.41) is 1.00. The highest BCUT2D eigenvalue weighted by Crippen LogP contribution is 2.32. The van der Waals surface area contributed by atoms with Crippen LogP contribution in [0.1, 0.15) is 0 Å². The molecule has 0 aliphatic heterocycles. The highest BCUT2D eigenvalue weighted by atomic mass is 32.1. The highest BCUT2D eigenvalue weighted by molar-refractivity contribution is 7.21. The molecule has 0 saturated heterocycles. The van der Waals surface area contributed by atoms with Crippen LogP contribution < -0.4 is 11.5 Å². The van der Waals surface area contributed by atoms with Gasteiger partial charge in [0.2, 0.25) is 0 Å². The van der Waals surface area contributed by atoms with Gasteiger partial charge in [0.15, 0.2) is 0 Å². The summed E-state index contributed by atoms with van der Waals surface area (Å²) in [6.07, 6.45) is 0. The maximum Gasteiger partial charge on any atom is 0.138 e. The Kier molecular flexibility index (Phi) is 3.20. The van der Waals surface area contributed by atoms with E-state index in [1.165, 1.54) is 4.70 Å². The topological polar surface area (TPSA) is 93.6 Å². The SMILES string of the molecule is Nc1ccc(-c2nc3ccc(-c4nc5ccccc5s4)cc3[nH]2)cc1N. The van der Waals surface area contributed by atoms with Gasteiger partial charge in [-0.1, -0.05) is 12.1 Å². The first-order valence-corrected chi connectivity index (χ1v) is 9.00. The smallest absolute Gasteiger partial charge is 0.138 e. The lowest BCUT2D eigenvalue weighted by Crippen LogP contribution is -1.94. The van der Waals surface area contributed by atoms with Crippen molar-refractivity contribution in [2.45, 2.75) is 0 Å². The van der Waals surface area contributed by atoms with Gasteiger partial charge in [-0.25, -0.2) is 9.97 Å². The Morgan fingerprint density at radius 2 is 1.62 bits per heavy atom. The number of nitrogens with zero attached hydrogens (tertiary/aromatic N) is 2. The third-order valence-corrected chi connectivity index (χ3v) is 5.47. The summed E-state index contributed by atoms with van der Waals surface area (Å²) in [4.78, 5) is 12.8. The molecule has 0 unspecified atom stereocenters. The van der Waals surface area contributed by atoms with E-state index in [1.807, 2.05) is 36.4 Å². The van der Waals surface area contributed by atoms with Crippen molar-refractivity contribution in [2.24, 2.45) is 0 Å². The number of thiazole rings is 1. The van der Waals surface area contributed by atoms with E-state index in [-0.39, 0.29) is 0 Å². The molecule has 5 nitrogen and oxygen atoms in total. The zero-order valence-electron chi connectivity index (χ0n) is 13.7. The molecule has 0 bridgehead atoms. The summed E-state index contributed by atoms with van der Waals surface area (Å²) in [6.45, 7) is 0. The minimum atomic E-state index is 0.554. The lowest BCUT2D eigenvalue weighted by molar-refractivity contribution is 1.34. The first kappa shape index (κ1) is 14.9. The molecular weight excluding hydrogens is 342 g/mol. The molecule has 0 atom stereocenters. The van der Waals surface area contributed by atoms with E-state index >= 15 is 0 Å². The van der Waals surface area contributed by atoms with Crippen LogP contribution in [0.2, 0.25) is 0 Å². The summed E-state index contributed by atoms with van der Waals surface area (Å²) in [7, 11) is 0. The number of imidazole rings is 1. The van der Waals surface area contributed by atoms with Gasteiger partial charge in [0, 0.05) is 11.1 Å². The van der Waals surface area contributed by atoms with Crippen LogP contribution in [0.4, 0.5) is 11.4 Å². The van der Waals surface area contributed by atoms with Crippen molar-refractivity contribution in [2.75, 3.05) is 11.5 Å². The Hall–Kier alpha value is -3.38. The van der Waals surface area contributed by atoms with Crippen molar-refractivity contribution in [1.82, 2.24) is 15.0 Å². The summed E-state index contributed by atoms with van der Waals surface area (Å²) in [5.41, 5.74) is 17.7. The molecule has 0 saturated carbocycles. The summed E-state index contributed by atoms with van der Waals surface area (Å²) in [5.74, 6) is 0.771. The van der Waals surface area contributed by atoms with Gasteiger partial charge in [-0.15, -0.1) is 11.3 Å². The van der Waals surface area contributed by atoms with Gasteiger partial charge >= 0.3 is 0 Å². The summed E-state index contributed by atoms with van der Waals surface area (Å²) < 4.78 is 1.19.